The Balaban J connectivity index is 2.42. The fourth-order valence-corrected chi connectivity index (χ4v) is 3.29. The van der Waals surface area contributed by atoms with Crippen LogP contribution >= 0.6 is 11.8 Å². The molecule has 1 saturated heterocycles. The van der Waals surface area contributed by atoms with Crippen molar-refractivity contribution in [3.05, 3.63) is 40.8 Å². The second-order valence-electron chi connectivity index (χ2n) is 4.67. The Hall–Kier alpha value is -1.00. The van der Waals surface area contributed by atoms with Gasteiger partial charge in [-0.05, 0) is 55.2 Å². The molecule has 1 aromatic rings. The lowest BCUT2D eigenvalue weighted by Crippen LogP contribution is -2.21. The molecule has 1 fully saturated rings. The Labute approximate surface area is 118 Å². The quantitative estimate of drug-likeness (QED) is 0.889. The molecule has 1 aromatic carbocycles. The maximum Gasteiger partial charge on any atom is 0.123 e. The van der Waals surface area contributed by atoms with Gasteiger partial charge in [0.25, 0.3) is 0 Å². The second-order valence-corrected chi connectivity index (χ2v) is 5.49. The fourth-order valence-electron chi connectivity index (χ4n) is 2.46. The average Bonchev–Trinajstić information content (AvgIpc) is 2.43. The Kier molecular flexibility index (Phi) is 5.28. The molecule has 0 unspecified atom stereocenters. The molecule has 0 spiro atoms. The number of halogens is 1. The molecular weight excluding hydrogens is 261 g/mol. The molecule has 1 aliphatic heterocycles. The maximum atomic E-state index is 13.4. The van der Waals surface area contributed by atoms with Crippen LogP contribution in [0.2, 0.25) is 0 Å². The van der Waals surface area contributed by atoms with Crippen LogP contribution in [-0.2, 0) is 6.42 Å². The molecule has 104 valence electrons. The predicted molar refractivity (Wildman–Crippen MR) is 79.5 cm³/mol. The number of hydrogen-bond donors (Lipinski definition) is 2. The molecule has 0 bridgehead atoms. The SMILES string of the molecule is CS/C(=C1\CCCCN1)c1ccc(F)cc1CCO. The van der Waals surface area contributed by atoms with Gasteiger partial charge in [0.2, 0.25) is 0 Å². The van der Waals surface area contributed by atoms with E-state index in [9.17, 15) is 4.39 Å². The average molecular weight is 281 g/mol. The minimum atomic E-state index is -0.241. The van der Waals surface area contributed by atoms with E-state index in [4.69, 9.17) is 5.11 Å². The highest BCUT2D eigenvalue weighted by molar-refractivity contribution is 8.07. The van der Waals surface area contributed by atoms with Gasteiger partial charge in [-0.3, -0.25) is 0 Å². The van der Waals surface area contributed by atoms with Crippen molar-refractivity contribution in [2.75, 3.05) is 19.4 Å². The number of piperidine rings is 1. The molecule has 0 aliphatic carbocycles. The van der Waals surface area contributed by atoms with Crippen molar-refractivity contribution >= 4 is 16.7 Å². The van der Waals surface area contributed by atoms with E-state index in [0.29, 0.717) is 6.42 Å². The zero-order valence-electron chi connectivity index (χ0n) is 11.2. The van der Waals surface area contributed by atoms with E-state index in [-0.39, 0.29) is 12.4 Å². The summed E-state index contributed by atoms with van der Waals surface area (Å²) in [5.74, 6) is -0.241. The van der Waals surface area contributed by atoms with Crippen LogP contribution in [0, 0.1) is 5.82 Å². The largest absolute Gasteiger partial charge is 0.396 e. The number of hydrogen-bond acceptors (Lipinski definition) is 3. The highest BCUT2D eigenvalue weighted by Gasteiger charge is 2.15. The monoisotopic (exact) mass is 281 g/mol. The standard InChI is InChI=1S/C15H20FNOS/c1-19-15(14-4-2-3-8-17-14)13-6-5-12(16)10-11(13)7-9-18/h5-6,10,17-18H,2-4,7-9H2,1H3/b15-14+. The molecule has 0 atom stereocenters. The summed E-state index contributed by atoms with van der Waals surface area (Å²) in [5.41, 5.74) is 3.18. The Bertz CT molecular complexity index is 465. The van der Waals surface area contributed by atoms with Crippen molar-refractivity contribution in [2.45, 2.75) is 25.7 Å². The van der Waals surface area contributed by atoms with E-state index in [2.05, 4.69) is 5.32 Å². The van der Waals surface area contributed by atoms with Gasteiger partial charge in [-0.25, -0.2) is 4.39 Å². The van der Waals surface area contributed by atoms with Gasteiger partial charge in [-0.1, -0.05) is 6.07 Å². The topological polar surface area (TPSA) is 32.3 Å². The Morgan fingerprint density at radius 2 is 2.26 bits per heavy atom. The number of aliphatic hydroxyl groups is 1. The third-order valence-corrected chi connectivity index (χ3v) is 4.24. The van der Waals surface area contributed by atoms with Gasteiger partial charge in [0.05, 0.1) is 0 Å². The second kappa shape index (κ2) is 6.96. The zero-order chi connectivity index (χ0) is 13.7. The van der Waals surface area contributed by atoms with E-state index < -0.39 is 0 Å². The van der Waals surface area contributed by atoms with Gasteiger partial charge in [0.15, 0.2) is 0 Å². The molecule has 0 radical (unpaired) electrons. The first kappa shape index (κ1) is 14.4. The van der Waals surface area contributed by atoms with Crippen molar-refractivity contribution in [2.24, 2.45) is 0 Å². The molecule has 2 N–H and O–H groups in total. The molecular formula is C15H20FNOS. The van der Waals surface area contributed by atoms with Gasteiger partial charge in [0, 0.05) is 23.8 Å². The maximum absolute atomic E-state index is 13.4. The summed E-state index contributed by atoms with van der Waals surface area (Å²) >= 11 is 1.69. The van der Waals surface area contributed by atoms with Crippen LogP contribution in [0.25, 0.3) is 4.91 Å². The van der Waals surface area contributed by atoms with Crippen LogP contribution in [0.1, 0.15) is 30.4 Å². The van der Waals surface area contributed by atoms with Crippen LogP contribution in [0.15, 0.2) is 23.9 Å². The minimum absolute atomic E-state index is 0.0425. The number of allylic oxidation sites excluding steroid dienone is 1. The van der Waals surface area contributed by atoms with E-state index in [1.165, 1.54) is 35.6 Å². The first-order valence-corrected chi connectivity index (χ1v) is 7.89. The molecule has 0 aromatic heterocycles. The minimum Gasteiger partial charge on any atom is -0.396 e. The van der Waals surface area contributed by atoms with Crippen LogP contribution in [0.5, 0.6) is 0 Å². The summed E-state index contributed by atoms with van der Waals surface area (Å²) in [4.78, 5) is 1.18. The number of nitrogens with one attached hydrogen (secondary N) is 1. The molecule has 0 amide bonds. The number of thioether (sulfide) groups is 1. The first-order chi connectivity index (χ1) is 9.26. The summed E-state index contributed by atoms with van der Waals surface area (Å²) in [6.45, 7) is 1.05. The summed E-state index contributed by atoms with van der Waals surface area (Å²) in [6.07, 6.45) is 5.99. The molecule has 4 heteroatoms. The number of aliphatic hydroxyl groups excluding tert-OH is 1. The van der Waals surface area contributed by atoms with E-state index in [1.807, 2.05) is 12.3 Å². The molecule has 1 aliphatic rings. The first-order valence-electron chi connectivity index (χ1n) is 6.67. The highest BCUT2D eigenvalue weighted by Crippen LogP contribution is 2.33. The van der Waals surface area contributed by atoms with Crippen molar-refractivity contribution in [3.8, 4) is 0 Å². The molecule has 1 heterocycles. The van der Waals surface area contributed by atoms with E-state index >= 15 is 0 Å². The Morgan fingerprint density at radius 3 is 2.89 bits per heavy atom. The van der Waals surface area contributed by atoms with Crippen molar-refractivity contribution in [3.63, 3.8) is 0 Å². The fraction of sp³-hybridized carbons (Fsp3) is 0.467. The lowest BCUT2D eigenvalue weighted by atomic mass is 10.0. The van der Waals surface area contributed by atoms with Crippen molar-refractivity contribution in [1.29, 1.82) is 0 Å². The summed E-state index contributed by atoms with van der Waals surface area (Å²) in [5, 5.41) is 12.6. The van der Waals surface area contributed by atoms with Gasteiger partial charge < -0.3 is 10.4 Å². The third-order valence-electron chi connectivity index (χ3n) is 3.36. The van der Waals surface area contributed by atoms with Crippen molar-refractivity contribution < 1.29 is 9.50 Å². The third kappa shape index (κ3) is 3.51. The molecule has 2 nitrogen and oxygen atoms in total. The zero-order valence-corrected chi connectivity index (χ0v) is 12.0. The van der Waals surface area contributed by atoms with Crippen LogP contribution in [0.4, 0.5) is 4.39 Å². The normalized spacial score (nSPS) is 18.1. The highest BCUT2D eigenvalue weighted by atomic mass is 32.2. The number of benzene rings is 1. The summed E-state index contributed by atoms with van der Waals surface area (Å²) < 4.78 is 13.4. The molecule has 19 heavy (non-hydrogen) atoms. The molecule has 0 saturated carbocycles. The van der Waals surface area contributed by atoms with Gasteiger partial charge in [0.1, 0.15) is 5.82 Å². The van der Waals surface area contributed by atoms with Gasteiger partial charge >= 0.3 is 0 Å². The lowest BCUT2D eigenvalue weighted by Gasteiger charge is -2.22. The van der Waals surface area contributed by atoms with Crippen molar-refractivity contribution in [1.82, 2.24) is 5.32 Å². The van der Waals surface area contributed by atoms with Crippen LogP contribution in [0.3, 0.4) is 0 Å². The Morgan fingerprint density at radius 1 is 1.42 bits per heavy atom. The number of rotatable bonds is 4. The molecule has 2 rings (SSSR count). The van der Waals surface area contributed by atoms with E-state index in [1.54, 1.807) is 11.8 Å². The summed E-state index contributed by atoms with van der Waals surface area (Å²) in [7, 11) is 0. The van der Waals surface area contributed by atoms with Gasteiger partial charge in [-0.15, -0.1) is 11.8 Å². The van der Waals surface area contributed by atoms with Gasteiger partial charge in [-0.2, -0.15) is 0 Å². The lowest BCUT2D eigenvalue weighted by molar-refractivity contribution is 0.299. The van der Waals surface area contributed by atoms with Crippen LogP contribution < -0.4 is 5.32 Å². The smallest absolute Gasteiger partial charge is 0.123 e. The van der Waals surface area contributed by atoms with E-state index in [0.717, 1.165) is 24.1 Å². The predicted octanol–water partition coefficient (Wildman–Crippen LogP) is 3.17. The van der Waals surface area contributed by atoms with Crippen LogP contribution in [-0.4, -0.2) is 24.5 Å². The summed E-state index contributed by atoms with van der Waals surface area (Å²) in [6, 6.07) is 4.86.